The average molecular weight is 377 g/mol. The molecule has 0 radical (unpaired) electrons. The van der Waals surface area contributed by atoms with E-state index in [4.69, 9.17) is 0 Å². The monoisotopic (exact) mass is 376 g/mol. The minimum Gasteiger partial charge on any atom is -0.333 e. The van der Waals surface area contributed by atoms with Crippen molar-refractivity contribution < 1.29 is 4.79 Å². The number of aryl methyl sites for hydroxylation is 1. The van der Waals surface area contributed by atoms with Gasteiger partial charge in [-0.3, -0.25) is 14.6 Å². The zero-order valence-corrected chi connectivity index (χ0v) is 15.2. The van der Waals surface area contributed by atoms with E-state index in [1.165, 1.54) is 0 Å². The van der Waals surface area contributed by atoms with E-state index in [0.29, 0.717) is 17.6 Å². The Kier molecular flexibility index (Phi) is 5.38. The zero-order chi connectivity index (χ0) is 17.2. The van der Waals surface area contributed by atoms with Crippen LogP contribution in [0.4, 0.5) is 5.82 Å². The lowest BCUT2D eigenvalue weighted by molar-refractivity contribution is 0.102. The second-order valence-electron chi connectivity index (χ2n) is 6.16. The molecule has 138 valence electrons. The summed E-state index contributed by atoms with van der Waals surface area (Å²) in [6.45, 7) is 1.93. The van der Waals surface area contributed by atoms with Gasteiger partial charge < -0.3 is 15.2 Å². The maximum atomic E-state index is 12.4. The summed E-state index contributed by atoms with van der Waals surface area (Å²) in [5.74, 6) is 0.916. The molecule has 1 saturated heterocycles. The summed E-state index contributed by atoms with van der Waals surface area (Å²) in [5, 5.41) is 17.5. The number of imidazole rings is 1. The molecule has 1 aliphatic heterocycles. The van der Waals surface area contributed by atoms with Crippen molar-refractivity contribution in [3.63, 3.8) is 0 Å². The van der Waals surface area contributed by atoms with Gasteiger partial charge in [-0.15, -0.1) is 12.4 Å². The molecule has 9 nitrogen and oxygen atoms in total. The molecule has 1 fully saturated rings. The number of piperidine rings is 1. The van der Waals surface area contributed by atoms with Gasteiger partial charge in [0, 0.05) is 38.2 Å². The first-order valence-electron chi connectivity index (χ1n) is 8.31. The van der Waals surface area contributed by atoms with Crippen molar-refractivity contribution >= 4 is 24.1 Å². The highest BCUT2D eigenvalue weighted by Crippen LogP contribution is 2.18. The number of halogens is 1. The first-order chi connectivity index (χ1) is 12.2. The fraction of sp³-hybridized carbons (Fsp3) is 0.375. The van der Waals surface area contributed by atoms with E-state index >= 15 is 0 Å². The Balaban J connectivity index is 0.00000196. The summed E-state index contributed by atoms with van der Waals surface area (Å²) in [6.07, 6.45) is 7.61. The molecule has 1 aliphatic rings. The van der Waals surface area contributed by atoms with Crippen LogP contribution in [0.3, 0.4) is 0 Å². The van der Waals surface area contributed by atoms with Crippen LogP contribution in [-0.4, -0.2) is 48.5 Å². The number of carbonyl (C=O) groups excluding carboxylic acids is 1. The number of nitrogens with one attached hydrogen (secondary N) is 3. The lowest BCUT2D eigenvalue weighted by Crippen LogP contribution is -2.32. The summed E-state index contributed by atoms with van der Waals surface area (Å²) < 4.78 is 3.74. The molecule has 3 aromatic heterocycles. The molecule has 0 aliphatic carbocycles. The van der Waals surface area contributed by atoms with E-state index in [0.717, 1.165) is 37.4 Å². The lowest BCUT2D eigenvalue weighted by atomic mass is 10.1. The molecule has 1 unspecified atom stereocenters. The molecule has 0 aromatic carbocycles. The van der Waals surface area contributed by atoms with Crippen LogP contribution in [0.25, 0.3) is 11.5 Å². The standard InChI is InChI=1S/C16H20N8O.ClH/c1-23-8-6-18-15(23)13-9-14(21-20-13)19-16(25)12-4-7-24(22-12)11-3-2-5-17-10-11;/h4,6-9,11,17H,2-3,5,10H2,1H3,(H2,19,20,21,25);1H. The van der Waals surface area contributed by atoms with E-state index in [-0.39, 0.29) is 18.3 Å². The van der Waals surface area contributed by atoms with Crippen molar-refractivity contribution in [1.82, 2.24) is 34.8 Å². The van der Waals surface area contributed by atoms with Crippen molar-refractivity contribution in [3.8, 4) is 11.5 Å². The van der Waals surface area contributed by atoms with E-state index in [2.05, 4.69) is 30.9 Å². The number of anilines is 1. The number of hydrogen-bond acceptors (Lipinski definition) is 5. The number of aromatic amines is 1. The first-order valence-corrected chi connectivity index (χ1v) is 8.31. The van der Waals surface area contributed by atoms with Crippen LogP contribution in [0, 0.1) is 0 Å². The molecule has 0 bridgehead atoms. The number of amides is 1. The van der Waals surface area contributed by atoms with Crippen LogP contribution < -0.4 is 10.6 Å². The Bertz CT molecular complexity index is 876. The van der Waals surface area contributed by atoms with Gasteiger partial charge >= 0.3 is 0 Å². The fourth-order valence-electron chi connectivity index (χ4n) is 3.03. The highest BCUT2D eigenvalue weighted by molar-refractivity contribution is 6.02. The van der Waals surface area contributed by atoms with E-state index in [1.807, 2.05) is 28.7 Å². The van der Waals surface area contributed by atoms with Crippen LogP contribution in [0.2, 0.25) is 0 Å². The number of nitrogens with zero attached hydrogens (tertiary/aromatic N) is 5. The van der Waals surface area contributed by atoms with Gasteiger partial charge in [0.2, 0.25) is 0 Å². The molecule has 0 saturated carbocycles. The fourth-order valence-corrected chi connectivity index (χ4v) is 3.03. The molecular weight excluding hydrogens is 356 g/mol. The predicted octanol–water partition coefficient (Wildman–Crippen LogP) is 1.61. The third-order valence-electron chi connectivity index (χ3n) is 4.37. The molecule has 4 heterocycles. The molecule has 3 N–H and O–H groups in total. The van der Waals surface area contributed by atoms with E-state index in [1.54, 1.807) is 18.3 Å². The van der Waals surface area contributed by atoms with Gasteiger partial charge in [-0.2, -0.15) is 10.2 Å². The first kappa shape index (κ1) is 18.2. The Labute approximate surface area is 156 Å². The van der Waals surface area contributed by atoms with Gasteiger partial charge in [0.15, 0.2) is 17.3 Å². The van der Waals surface area contributed by atoms with Gasteiger partial charge in [-0.1, -0.05) is 0 Å². The van der Waals surface area contributed by atoms with Crippen LogP contribution >= 0.6 is 12.4 Å². The molecule has 4 rings (SSSR count). The Morgan fingerprint density at radius 2 is 2.27 bits per heavy atom. The Hall–Kier alpha value is -2.65. The maximum Gasteiger partial charge on any atom is 0.277 e. The zero-order valence-electron chi connectivity index (χ0n) is 14.3. The van der Waals surface area contributed by atoms with Gasteiger partial charge in [0.25, 0.3) is 5.91 Å². The summed E-state index contributed by atoms with van der Waals surface area (Å²) in [5.41, 5.74) is 1.12. The Morgan fingerprint density at radius 3 is 3.00 bits per heavy atom. The van der Waals surface area contributed by atoms with Crippen molar-refractivity contribution in [2.75, 3.05) is 18.4 Å². The molecule has 3 aromatic rings. The predicted molar refractivity (Wildman–Crippen MR) is 99.4 cm³/mol. The topological polar surface area (TPSA) is 105 Å². The minimum absolute atomic E-state index is 0. The molecule has 26 heavy (non-hydrogen) atoms. The number of hydrogen-bond donors (Lipinski definition) is 3. The largest absolute Gasteiger partial charge is 0.333 e. The quantitative estimate of drug-likeness (QED) is 0.641. The molecular formula is C16H21ClN8O. The highest BCUT2D eigenvalue weighted by atomic mass is 35.5. The Morgan fingerprint density at radius 1 is 1.38 bits per heavy atom. The van der Waals surface area contributed by atoms with Gasteiger partial charge in [0.05, 0.1) is 6.04 Å². The normalized spacial score (nSPS) is 16.9. The van der Waals surface area contributed by atoms with Crippen LogP contribution in [0.15, 0.2) is 30.7 Å². The minimum atomic E-state index is -0.277. The maximum absolute atomic E-state index is 12.4. The van der Waals surface area contributed by atoms with Gasteiger partial charge in [-0.25, -0.2) is 4.98 Å². The highest BCUT2D eigenvalue weighted by Gasteiger charge is 2.18. The number of carbonyl (C=O) groups is 1. The second-order valence-corrected chi connectivity index (χ2v) is 6.16. The third-order valence-corrected chi connectivity index (χ3v) is 4.37. The molecule has 10 heteroatoms. The van der Waals surface area contributed by atoms with Crippen molar-refractivity contribution in [3.05, 3.63) is 36.4 Å². The summed E-state index contributed by atoms with van der Waals surface area (Å²) >= 11 is 0. The van der Waals surface area contributed by atoms with Crippen molar-refractivity contribution in [1.29, 1.82) is 0 Å². The lowest BCUT2D eigenvalue weighted by Gasteiger charge is -2.22. The smallest absolute Gasteiger partial charge is 0.277 e. The molecule has 1 atom stereocenters. The second kappa shape index (κ2) is 7.71. The van der Waals surface area contributed by atoms with Crippen LogP contribution in [-0.2, 0) is 7.05 Å². The summed E-state index contributed by atoms with van der Waals surface area (Å²) in [6, 6.07) is 3.79. The van der Waals surface area contributed by atoms with Crippen molar-refractivity contribution in [2.24, 2.45) is 7.05 Å². The molecule has 1 amide bonds. The SMILES string of the molecule is Cl.Cn1ccnc1-c1cc(NC(=O)c2ccn(C3CCCNC3)n2)n[nH]1. The van der Waals surface area contributed by atoms with Crippen LogP contribution in [0.1, 0.15) is 29.4 Å². The van der Waals surface area contributed by atoms with Crippen LogP contribution in [0.5, 0.6) is 0 Å². The van der Waals surface area contributed by atoms with Crippen molar-refractivity contribution in [2.45, 2.75) is 18.9 Å². The van der Waals surface area contributed by atoms with E-state index < -0.39 is 0 Å². The molecule has 0 spiro atoms. The number of aromatic nitrogens is 6. The summed E-state index contributed by atoms with van der Waals surface area (Å²) in [7, 11) is 1.90. The summed E-state index contributed by atoms with van der Waals surface area (Å²) in [4.78, 5) is 16.6. The third kappa shape index (κ3) is 3.63. The number of rotatable bonds is 4. The average Bonchev–Trinajstić information content (AvgIpc) is 3.36. The van der Waals surface area contributed by atoms with E-state index in [9.17, 15) is 4.79 Å². The van der Waals surface area contributed by atoms with Gasteiger partial charge in [0.1, 0.15) is 5.69 Å². The number of H-pyrrole nitrogens is 1. The van der Waals surface area contributed by atoms with Gasteiger partial charge in [-0.05, 0) is 25.5 Å².